The monoisotopic (exact) mass is 448 g/mol. The summed E-state index contributed by atoms with van der Waals surface area (Å²) in [7, 11) is 0. The number of halogens is 2. The van der Waals surface area contributed by atoms with Crippen molar-refractivity contribution in [1.82, 2.24) is 0 Å². The van der Waals surface area contributed by atoms with Crippen LogP contribution in [-0.4, -0.2) is 46.6 Å². The molecule has 0 aromatic heterocycles. The molecule has 6 atom stereocenters. The highest BCUT2D eigenvalue weighted by Gasteiger charge is 2.39. The molecule has 0 radical (unpaired) electrons. The molecule has 1 aliphatic rings. The molecular formula is C19H26BrClO5. The first-order valence-corrected chi connectivity index (χ1v) is 10.0. The summed E-state index contributed by atoms with van der Waals surface area (Å²) >= 11 is 10.2. The lowest BCUT2D eigenvalue weighted by Crippen LogP contribution is -2.47. The van der Waals surface area contributed by atoms with Gasteiger partial charge in [-0.2, -0.15) is 0 Å². The fourth-order valence-electron chi connectivity index (χ4n) is 2.92. The van der Waals surface area contributed by atoms with Crippen molar-refractivity contribution in [3.63, 3.8) is 0 Å². The maximum absolute atomic E-state index is 11.6. The Kier molecular flexibility index (Phi) is 10.3. The summed E-state index contributed by atoms with van der Waals surface area (Å²) in [4.78, 5) is 23.1. The third kappa shape index (κ3) is 7.69. The van der Waals surface area contributed by atoms with Crippen molar-refractivity contribution in [2.45, 2.75) is 81.1 Å². The molecule has 1 heterocycles. The Bertz CT molecular complexity index is 545. The highest BCUT2D eigenvalue weighted by Crippen LogP contribution is 2.32. The standard InChI is InChI=1S/C19H26BrClO5/c1-5-7-8-9-16-19(25-13(4)23)10-15(21)18(24-12(3)22)11-17(26-16)14(20)6-2/h1,7-8,14-19H,6,9-11H2,2-4H3. The van der Waals surface area contributed by atoms with Gasteiger partial charge in [0.1, 0.15) is 12.2 Å². The van der Waals surface area contributed by atoms with Gasteiger partial charge in [0.05, 0.1) is 17.6 Å². The molecule has 26 heavy (non-hydrogen) atoms. The molecule has 0 amide bonds. The third-order valence-electron chi connectivity index (χ3n) is 4.10. The molecule has 0 N–H and O–H groups in total. The molecule has 0 aliphatic carbocycles. The topological polar surface area (TPSA) is 61.8 Å². The Labute approximate surface area is 168 Å². The van der Waals surface area contributed by atoms with Crippen LogP contribution in [-0.2, 0) is 23.8 Å². The van der Waals surface area contributed by atoms with Crippen LogP contribution in [0.4, 0.5) is 0 Å². The molecule has 0 bridgehead atoms. The Hall–Kier alpha value is -1.03. The average molecular weight is 450 g/mol. The second-order valence-electron chi connectivity index (χ2n) is 6.23. The number of terminal acetylenes is 1. The number of alkyl halides is 2. The molecular weight excluding hydrogens is 424 g/mol. The van der Waals surface area contributed by atoms with Gasteiger partial charge >= 0.3 is 11.9 Å². The first kappa shape index (κ1) is 23.0. The molecule has 0 aromatic carbocycles. The van der Waals surface area contributed by atoms with E-state index >= 15 is 0 Å². The Balaban J connectivity index is 3.12. The van der Waals surface area contributed by atoms with Gasteiger partial charge in [0.2, 0.25) is 0 Å². The van der Waals surface area contributed by atoms with E-state index in [1.807, 2.05) is 13.0 Å². The van der Waals surface area contributed by atoms with Crippen molar-refractivity contribution in [1.29, 1.82) is 0 Å². The van der Waals surface area contributed by atoms with E-state index in [2.05, 4.69) is 21.9 Å². The van der Waals surface area contributed by atoms with E-state index in [4.69, 9.17) is 32.2 Å². The number of carbonyl (C=O) groups excluding carboxylic acids is 2. The van der Waals surface area contributed by atoms with E-state index in [1.54, 1.807) is 6.08 Å². The summed E-state index contributed by atoms with van der Waals surface area (Å²) in [5, 5.41) is -0.495. The number of rotatable bonds is 6. The maximum atomic E-state index is 11.6. The van der Waals surface area contributed by atoms with Crippen LogP contribution in [0, 0.1) is 12.3 Å². The molecule has 0 spiro atoms. The van der Waals surface area contributed by atoms with Crippen molar-refractivity contribution in [3.05, 3.63) is 12.2 Å². The minimum absolute atomic E-state index is 0.0413. The summed E-state index contributed by atoms with van der Waals surface area (Å²) in [6.45, 7) is 4.72. The number of carbonyl (C=O) groups is 2. The molecule has 0 saturated carbocycles. The normalized spacial score (nSPS) is 30.7. The van der Waals surface area contributed by atoms with Gasteiger partial charge in [-0.25, -0.2) is 0 Å². The van der Waals surface area contributed by atoms with Gasteiger partial charge in [-0.05, 0) is 18.9 Å². The largest absolute Gasteiger partial charge is 0.461 e. The zero-order valence-corrected chi connectivity index (χ0v) is 17.7. The molecule has 7 heteroatoms. The molecule has 1 aliphatic heterocycles. The van der Waals surface area contributed by atoms with Gasteiger partial charge in [0, 0.05) is 31.5 Å². The number of hydrogen-bond donors (Lipinski definition) is 0. The predicted octanol–water partition coefficient (Wildman–Crippen LogP) is 3.76. The van der Waals surface area contributed by atoms with Crippen LogP contribution >= 0.6 is 27.5 Å². The molecule has 1 fully saturated rings. The number of allylic oxidation sites excluding steroid dienone is 1. The van der Waals surface area contributed by atoms with Gasteiger partial charge in [-0.3, -0.25) is 9.59 Å². The minimum atomic E-state index is -0.560. The van der Waals surface area contributed by atoms with E-state index in [0.717, 1.165) is 6.42 Å². The fraction of sp³-hybridized carbons (Fsp3) is 0.684. The summed E-state index contributed by atoms with van der Waals surface area (Å²) in [6.07, 6.45) is 9.01. The van der Waals surface area contributed by atoms with Crippen molar-refractivity contribution in [2.75, 3.05) is 0 Å². The predicted molar refractivity (Wildman–Crippen MR) is 104 cm³/mol. The van der Waals surface area contributed by atoms with Crippen LogP contribution in [0.2, 0.25) is 0 Å². The lowest BCUT2D eigenvalue weighted by molar-refractivity contribution is -0.169. The fourth-order valence-corrected chi connectivity index (χ4v) is 3.59. The van der Waals surface area contributed by atoms with Crippen LogP contribution in [0.5, 0.6) is 0 Å². The van der Waals surface area contributed by atoms with Gasteiger partial charge in [-0.1, -0.05) is 34.9 Å². The van der Waals surface area contributed by atoms with Crippen LogP contribution < -0.4 is 0 Å². The number of hydrogen-bond acceptors (Lipinski definition) is 5. The van der Waals surface area contributed by atoms with E-state index in [-0.39, 0.29) is 17.0 Å². The Morgan fingerprint density at radius 1 is 1.31 bits per heavy atom. The van der Waals surface area contributed by atoms with Gasteiger partial charge in [0.15, 0.2) is 0 Å². The lowest BCUT2D eigenvalue weighted by Gasteiger charge is -2.38. The highest BCUT2D eigenvalue weighted by molar-refractivity contribution is 9.09. The first-order chi connectivity index (χ1) is 12.3. The molecule has 1 saturated heterocycles. The Morgan fingerprint density at radius 2 is 1.92 bits per heavy atom. The van der Waals surface area contributed by atoms with E-state index < -0.39 is 29.5 Å². The van der Waals surface area contributed by atoms with Crippen LogP contribution in [0.15, 0.2) is 12.2 Å². The van der Waals surface area contributed by atoms with Gasteiger partial charge < -0.3 is 14.2 Å². The van der Waals surface area contributed by atoms with Crippen molar-refractivity contribution in [2.24, 2.45) is 0 Å². The second-order valence-corrected chi connectivity index (χ2v) is 7.96. The van der Waals surface area contributed by atoms with Crippen LogP contribution in [0.25, 0.3) is 0 Å². The zero-order valence-electron chi connectivity index (χ0n) is 15.3. The van der Waals surface area contributed by atoms with Gasteiger partial charge in [0.25, 0.3) is 0 Å². The third-order valence-corrected chi connectivity index (χ3v) is 5.80. The van der Waals surface area contributed by atoms with Crippen molar-refractivity contribution >= 4 is 39.5 Å². The summed E-state index contributed by atoms with van der Waals surface area (Å²) in [6, 6.07) is 0. The van der Waals surface area contributed by atoms with Crippen molar-refractivity contribution < 1.29 is 23.8 Å². The zero-order chi connectivity index (χ0) is 19.7. The van der Waals surface area contributed by atoms with E-state index in [0.29, 0.717) is 19.3 Å². The summed E-state index contributed by atoms with van der Waals surface area (Å²) < 4.78 is 17.1. The maximum Gasteiger partial charge on any atom is 0.302 e. The Morgan fingerprint density at radius 3 is 2.46 bits per heavy atom. The first-order valence-electron chi connectivity index (χ1n) is 8.67. The number of ether oxygens (including phenoxy) is 3. The van der Waals surface area contributed by atoms with E-state index in [1.165, 1.54) is 13.8 Å². The van der Waals surface area contributed by atoms with Crippen molar-refractivity contribution in [3.8, 4) is 12.3 Å². The SMILES string of the molecule is C#CC=CCC1OC(C(Br)CC)CC(OC(C)=O)C(Cl)CC1OC(C)=O. The highest BCUT2D eigenvalue weighted by atomic mass is 79.9. The molecule has 0 aromatic rings. The molecule has 5 nitrogen and oxygen atoms in total. The average Bonchev–Trinajstić information content (AvgIpc) is 2.56. The van der Waals surface area contributed by atoms with Crippen LogP contribution in [0.3, 0.4) is 0 Å². The summed E-state index contributed by atoms with van der Waals surface area (Å²) in [5.41, 5.74) is 0. The molecule has 6 unspecified atom stereocenters. The number of esters is 2. The molecule has 146 valence electrons. The quantitative estimate of drug-likeness (QED) is 0.351. The smallest absolute Gasteiger partial charge is 0.302 e. The van der Waals surface area contributed by atoms with Crippen LogP contribution in [0.1, 0.15) is 46.5 Å². The van der Waals surface area contributed by atoms with E-state index in [9.17, 15) is 9.59 Å². The lowest BCUT2D eigenvalue weighted by atomic mass is 9.95. The van der Waals surface area contributed by atoms with Gasteiger partial charge in [-0.15, -0.1) is 18.0 Å². The summed E-state index contributed by atoms with van der Waals surface area (Å²) in [5.74, 6) is 1.62. The molecule has 1 rings (SSSR count). The second kappa shape index (κ2) is 11.6. The minimum Gasteiger partial charge on any atom is -0.461 e.